The number of benzene rings is 2. The van der Waals surface area contributed by atoms with Crippen LogP contribution in [0, 0.1) is 6.92 Å². The van der Waals surface area contributed by atoms with E-state index < -0.39 is 5.63 Å². The van der Waals surface area contributed by atoms with Crippen molar-refractivity contribution in [2.45, 2.75) is 26.3 Å². The Hall–Kier alpha value is -2.79. The Kier molecular flexibility index (Phi) is 4.62. The molecular formula is C22H24NO4+. The molecule has 1 aliphatic rings. The Balaban J connectivity index is 1.89. The highest BCUT2D eigenvalue weighted by atomic mass is 16.5. The van der Waals surface area contributed by atoms with Gasteiger partial charge in [0, 0.05) is 35.4 Å². The molecule has 0 radical (unpaired) electrons. The lowest BCUT2D eigenvalue weighted by atomic mass is 9.97. The molecule has 3 aromatic rings. The molecule has 27 heavy (non-hydrogen) atoms. The highest BCUT2D eigenvalue weighted by Crippen LogP contribution is 2.35. The second-order valence-corrected chi connectivity index (χ2v) is 7.23. The monoisotopic (exact) mass is 366 g/mol. The zero-order valence-electron chi connectivity index (χ0n) is 15.7. The number of methoxy groups -OCH3 is 1. The third-order valence-corrected chi connectivity index (χ3v) is 5.47. The summed E-state index contributed by atoms with van der Waals surface area (Å²) in [6.45, 7) is 4.85. The molecule has 1 saturated heterocycles. The molecule has 2 aromatic carbocycles. The molecule has 0 saturated carbocycles. The molecule has 0 aliphatic carbocycles. The van der Waals surface area contributed by atoms with Crippen LogP contribution in [0.25, 0.3) is 22.1 Å². The van der Waals surface area contributed by atoms with Crippen LogP contribution in [0.15, 0.2) is 45.6 Å². The molecule has 0 unspecified atom stereocenters. The minimum atomic E-state index is -0.422. The molecule has 1 fully saturated rings. The van der Waals surface area contributed by atoms with Crippen LogP contribution in [0.1, 0.15) is 24.0 Å². The van der Waals surface area contributed by atoms with E-state index in [-0.39, 0.29) is 5.75 Å². The van der Waals surface area contributed by atoms with E-state index in [9.17, 15) is 9.90 Å². The normalized spacial score (nSPS) is 14.7. The van der Waals surface area contributed by atoms with E-state index in [2.05, 4.69) is 0 Å². The quantitative estimate of drug-likeness (QED) is 0.697. The summed E-state index contributed by atoms with van der Waals surface area (Å²) < 4.78 is 10.7. The van der Waals surface area contributed by atoms with E-state index in [0.717, 1.165) is 47.5 Å². The van der Waals surface area contributed by atoms with Crippen LogP contribution in [0.2, 0.25) is 0 Å². The molecule has 1 aliphatic heterocycles. The van der Waals surface area contributed by atoms with Crippen molar-refractivity contribution in [3.8, 4) is 22.6 Å². The van der Waals surface area contributed by atoms with Gasteiger partial charge >= 0.3 is 5.63 Å². The Bertz CT molecular complexity index is 1030. The Morgan fingerprint density at radius 2 is 1.85 bits per heavy atom. The Labute approximate surface area is 157 Å². The molecule has 2 N–H and O–H groups in total. The van der Waals surface area contributed by atoms with Crippen LogP contribution in [-0.4, -0.2) is 25.3 Å². The zero-order chi connectivity index (χ0) is 19.0. The Morgan fingerprint density at radius 3 is 2.52 bits per heavy atom. The molecule has 0 amide bonds. The first-order valence-corrected chi connectivity index (χ1v) is 9.34. The lowest BCUT2D eigenvalue weighted by Gasteiger charge is -2.16. The predicted molar refractivity (Wildman–Crippen MR) is 105 cm³/mol. The van der Waals surface area contributed by atoms with Crippen LogP contribution >= 0.6 is 0 Å². The lowest BCUT2D eigenvalue weighted by molar-refractivity contribution is -0.901. The van der Waals surface area contributed by atoms with Gasteiger partial charge in [-0.25, -0.2) is 4.79 Å². The van der Waals surface area contributed by atoms with E-state index >= 15 is 0 Å². The van der Waals surface area contributed by atoms with Gasteiger partial charge < -0.3 is 19.2 Å². The van der Waals surface area contributed by atoms with Crippen LogP contribution in [0.4, 0.5) is 0 Å². The van der Waals surface area contributed by atoms with Crippen molar-refractivity contribution in [2.75, 3.05) is 20.2 Å². The molecule has 1 aromatic heterocycles. The fraction of sp³-hybridized carbons (Fsp3) is 0.318. The molecule has 2 heterocycles. The second-order valence-electron chi connectivity index (χ2n) is 7.23. The lowest BCUT2D eigenvalue weighted by Crippen LogP contribution is -3.08. The van der Waals surface area contributed by atoms with Crippen LogP contribution in [0.5, 0.6) is 11.5 Å². The van der Waals surface area contributed by atoms with Gasteiger partial charge in [0.15, 0.2) is 0 Å². The molecule has 140 valence electrons. The number of hydrogen-bond acceptors (Lipinski definition) is 4. The summed E-state index contributed by atoms with van der Waals surface area (Å²) in [4.78, 5) is 13.6. The number of hydrogen-bond donors (Lipinski definition) is 2. The first-order valence-electron chi connectivity index (χ1n) is 9.34. The van der Waals surface area contributed by atoms with E-state index in [1.54, 1.807) is 14.0 Å². The van der Waals surface area contributed by atoms with Crippen molar-refractivity contribution in [1.82, 2.24) is 0 Å². The second kappa shape index (κ2) is 7.08. The predicted octanol–water partition coefficient (Wildman–Crippen LogP) is 2.66. The highest BCUT2D eigenvalue weighted by molar-refractivity contribution is 5.96. The first kappa shape index (κ1) is 17.6. The largest absolute Gasteiger partial charge is 0.507 e. The van der Waals surface area contributed by atoms with Crippen molar-refractivity contribution in [1.29, 1.82) is 0 Å². The SMILES string of the molecule is COc1ccc(-c2cc(=O)oc3c(C)c(O)c(C[NH+]4CCCC4)cc23)cc1. The highest BCUT2D eigenvalue weighted by Gasteiger charge is 2.21. The van der Waals surface area contributed by atoms with Crippen molar-refractivity contribution >= 4 is 11.0 Å². The summed E-state index contributed by atoms with van der Waals surface area (Å²) in [7, 11) is 1.63. The molecule has 5 heteroatoms. The van der Waals surface area contributed by atoms with Gasteiger partial charge in [-0.05, 0) is 36.2 Å². The van der Waals surface area contributed by atoms with Gasteiger partial charge in [-0.3, -0.25) is 0 Å². The third-order valence-electron chi connectivity index (χ3n) is 5.47. The number of nitrogens with one attached hydrogen (secondary N) is 1. The molecule has 5 nitrogen and oxygen atoms in total. The smallest absolute Gasteiger partial charge is 0.336 e. The van der Waals surface area contributed by atoms with Crippen LogP contribution in [-0.2, 0) is 6.54 Å². The minimum Gasteiger partial charge on any atom is -0.507 e. The van der Waals surface area contributed by atoms with Gasteiger partial charge in [-0.15, -0.1) is 0 Å². The summed E-state index contributed by atoms with van der Waals surface area (Å²) in [5.74, 6) is 0.995. The number of aromatic hydroxyl groups is 1. The third kappa shape index (κ3) is 3.30. The van der Waals surface area contributed by atoms with Gasteiger partial charge in [0.2, 0.25) is 0 Å². The van der Waals surface area contributed by atoms with E-state index in [4.69, 9.17) is 9.15 Å². The van der Waals surface area contributed by atoms with Crippen LogP contribution < -0.4 is 15.3 Å². The zero-order valence-corrected chi connectivity index (χ0v) is 15.7. The number of fused-ring (bicyclic) bond motifs is 1. The number of ether oxygens (including phenoxy) is 1. The van der Waals surface area contributed by atoms with Gasteiger partial charge in [-0.2, -0.15) is 0 Å². The number of likely N-dealkylation sites (tertiary alicyclic amines) is 1. The van der Waals surface area contributed by atoms with Crippen molar-refractivity contribution in [2.24, 2.45) is 0 Å². The van der Waals surface area contributed by atoms with Crippen molar-refractivity contribution in [3.63, 3.8) is 0 Å². The molecule has 4 rings (SSSR count). The average Bonchev–Trinajstić information content (AvgIpc) is 3.19. The standard InChI is InChI=1S/C22H23NO4/c1-14-21(25)16(13-23-9-3-4-10-23)11-19-18(12-20(24)27-22(14)19)15-5-7-17(26-2)8-6-15/h5-8,11-12,25H,3-4,9-10,13H2,1-2H3/p+1. The number of aryl methyl sites for hydroxylation is 1. The summed E-state index contributed by atoms with van der Waals surface area (Å²) in [6, 6.07) is 11.1. The fourth-order valence-corrected chi connectivity index (χ4v) is 3.98. The van der Waals surface area contributed by atoms with Gasteiger partial charge in [0.1, 0.15) is 23.6 Å². The fourth-order valence-electron chi connectivity index (χ4n) is 3.98. The first-order chi connectivity index (χ1) is 13.1. The number of phenolic OH excluding ortho intramolecular Hbond substituents is 1. The number of rotatable bonds is 4. The minimum absolute atomic E-state index is 0.233. The van der Waals surface area contributed by atoms with Gasteiger partial charge in [0.25, 0.3) is 0 Å². The number of quaternary nitrogens is 1. The number of phenols is 1. The maximum Gasteiger partial charge on any atom is 0.336 e. The van der Waals surface area contributed by atoms with Gasteiger partial charge in [0.05, 0.1) is 20.2 Å². The van der Waals surface area contributed by atoms with Crippen molar-refractivity contribution < 1.29 is 19.2 Å². The van der Waals surface area contributed by atoms with E-state index in [1.165, 1.54) is 23.8 Å². The van der Waals surface area contributed by atoms with Crippen molar-refractivity contribution in [3.05, 3.63) is 57.9 Å². The average molecular weight is 366 g/mol. The molecular weight excluding hydrogens is 342 g/mol. The van der Waals surface area contributed by atoms with Crippen LogP contribution in [0.3, 0.4) is 0 Å². The maximum atomic E-state index is 12.2. The summed E-state index contributed by atoms with van der Waals surface area (Å²) in [5, 5.41) is 11.5. The summed E-state index contributed by atoms with van der Waals surface area (Å²) >= 11 is 0. The maximum absolute atomic E-state index is 12.2. The van der Waals surface area contributed by atoms with E-state index in [0.29, 0.717) is 11.1 Å². The summed E-state index contributed by atoms with van der Waals surface area (Å²) in [5.41, 5.74) is 3.27. The Morgan fingerprint density at radius 1 is 1.15 bits per heavy atom. The van der Waals surface area contributed by atoms with Gasteiger partial charge in [-0.1, -0.05) is 12.1 Å². The molecule has 0 atom stereocenters. The summed E-state index contributed by atoms with van der Waals surface area (Å²) in [6.07, 6.45) is 2.46. The molecule has 0 spiro atoms. The van der Waals surface area contributed by atoms with E-state index in [1.807, 2.05) is 30.3 Å². The molecule has 0 bridgehead atoms. The topological polar surface area (TPSA) is 64.1 Å².